The van der Waals surface area contributed by atoms with Crippen molar-refractivity contribution >= 4 is 40.2 Å². The van der Waals surface area contributed by atoms with E-state index in [2.05, 4.69) is 4.98 Å². The number of fused-ring (bicyclic) bond motifs is 2. The Hall–Kier alpha value is -3.86. The van der Waals surface area contributed by atoms with Gasteiger partial charge in [-0.2, -0.15) is 0 Å². The minimum absolute atomic E-state index is 0.126. The van der Waals surface area contributed by atoms with Gasteiger partial charge in [-0.15, -0.1) is 4.73 Å². The monoisotopic (exact) mass is 367 g/mol. The molecule has 0 N–H and O–H groups in total. The molecule has 3 aromatic carbocycles. The van der Waals surface area contributed by atoms with Crippen LogP contribution < -0.4 is 9.74 Å². The van der Waals surface area contributed by atoms with Gasteiger partial charge in [-0.3, -0.25) is 4.79 Å². The number of amides is 1. The van der Waals surface area contributed by atoms with Crippen LogP contribution in [0.15, 0.2) is 78.9 Å². The number of carbonyl (C=O) groups excluding carboxylic acids is 1. The second-order valence-electron chi connectivity index (χ2n) is 6.50. The number of aromatic nitrogens is 2. The van der Waals surface area contributed by atoms with Crippen LogP contribution in [0.4, 0.5) is 11.6 Å². The molecule has 4 aromatic rings. The maximum atomic E-state index is 13.5. The van der Waals surface area contributed by atoms with Crippen molar-refractivity contribution in [3.63, 3.8) is 0 Å². The molecule has 1 aromatic heterocycles. The molecule has 28 heavy (non-hydrogen) atoms. The van der Waals surface area contributed by atoms with Crippen LogP contribution in [0.25, 0.3) is 22.7 Å². The first-order valence-corrected chi connectivity index (χ1v) is 9.00. The van der Waals surface area contributed by atoms with Gasteiger partial charge in [0.1, 0.15) is 12.6 Å². The third kappa shape index (κ3) is 2.41. The van der Waals surface area contributed by atoms with Gasteiger partial charge in [0.05, 0.1) is 16.8 Å². The van der Waals surface area contributed by atoms with Crippen molar-refractivity contribution in [3.05, 3.63) is 90.0 Å². The highest BCUT2D eigenvalue weighted by atomic mass is 16.6. The Kier molecular flexibility index (Phi) is 3.72. The molecule has 5 heteroatoms. The number of imidazole rings is 1. The highest BCUT2D eigenvalue weighted by Crippen LogP contribution is 2.42. The molecular formula is C23H17N3O2. The number of carbonyl (C=O) groups is 1. The summed E-state index contributed by atoms with van der Waals surface area (Å²) in [6.07, 6.45) is 1.92. The fourth-order valence-electron chi connectivity index (χ4n) is 3.61. The smallest absolute Gasteiger partial charge is 0.266 e. The van der Waals surface area contributed by atoms with Crippen LogP contribution in [-0.4, -0.2) is 22.7 Å². The van der Waals surface area contributed by atoms with Crippen LogP contribution in [0.5, 0.6) is 0 Å². The maximum Gasteiger partial charge on any atom is 0.266 e. The number of benzene rings is 3. The fraction of sp³-hybridized carbons (Fsp3) is 0.0435. The SMILES string of the molecule is COn1c(N2C(=O)/C(=C\c3ccccc3)c3ccccc32)nc2ccccc21. The van der Waals surface area contributed by atoms with Crippen molar-refractivity contribution in [2.45, 2.75) is 0 Å². The van der Waals surface area contributed by atoms with Gasteiger partial charge in [0, 0.05) is 5.56 Å². The van der Waals surface area contributed by atoms with E-state index in [1.807, 2.05) is 84.9 Å². The maximum absolute atomic E-state index is 13.5. The van der Waals surface area contributed by atoms with E-state index in [0.717, 1.165) is 27.8 Å². The van der Waals surface area contributed by atoms with Crippen LogP contribution in [0.3, 0.4) is 0 Å². The second kappa shape index (κ2) is 6.39. The van der Waals surface area contributed by atoms with E-state index >= 15 is 0 Å². The van der Waals surface area contributed by atoms with Crippen molar-refractivity contribution < 1.29 is 9.63 Å². The Bertz CT molecular complexity index is 1230. The summed E-state index contributed by atoms with van der Waals surface area (Å²) in [5.41, 5.74) is 4.87. The van der Waals surface area contributed by atoms with E-state index in [9.17, 15) is 4.79 Å². The number of rotatable bonds is 3. The van der Waals surface area contributed by atoms with Crippen molar-refractivity contribution in [2.75, 3.05) is 12.0 Å². The lowest BCUT2D eigenvalue weighted by Gasteiger charge is -2.17. The molecule has 1 aliphatic heterocycles. The van der Waals surface area contributed by atoms with Crippen LogP contribution in [0.2, 0.25) is 0 Å². The Balaban J connectivity index is 1.72. The predicted octanol–water partition coefficient (Wildman–Crippen LogP) is 4.31. The molecule has 0 spiro atoms. The largest absolute Gasteiger partial charge is 0.414 e. The van der Waals surface area contributed by atoms with E-state index in [-0.39, 0.29) is 5.91 Å². The van der Waals surface area contributed by atoms with Crippen LogP contribution in [-0.2, 0) is 4.79 Å². The lowest BCUT2D eigenvalue weighted by atomic mass is 10.0. The molecule has 0 radical (unpaired) electrons. The van der Waals surface area contributed by atoms with E-state index in [4.69, 9.17) is 4.84 Å². The summed E-state index contributed by atoms with van der Waals surface area (Å²) in [7, 11) is 1.57. The van der Waals surface area contributed by atoms with Crippen molar-refractivity contribution in [2.24, 2.45) is 0 Å². The molecule has 5 rings (SSSR count). The molecule has 2 heterocycles. The molecule has 1 amide bonds. The molecule has 0 unspecified atom stereocenters. The average molecular weight is 367 g/mol. The Morgan fingerprint density at radius 1 is 0.893 bits per heavy atom. The normalized spacial score (nSPS) is 14.7. The van der Waals surface area contributed by atoms with Crippen LogP contribution in [0.1, 0.15) is 11.1 Å². The van der Waals surface area contributed by atoms with Gasteiger partial charge < -0.3 is 4.84 Å². The summed E-state index contributed by atoms with van der Waals surface area (Å²) in [6, 6.07) is 25.2. The molecular weight excluding hydrogens is 350 g/mol. The lowest BCUT2D eigenvalue weighted by molar-refractivity contribution is -0.112. The number of hydrogen-bond acceptors (Lipinski definition) is 3. The molecule has 1 aliphatic rings. The standard InChI is InChI=1S/C23H17N3O2/c1-28-26-21-14-8-6-12-19(21)24-23(26)25-20-13-7-5-11-17(20)18(22(25)27)15-16-9-3-2-4-10-16/h2-15H,1H3/b18-15-. The predicted molar refractivity (Wildman–Crippen MR) is 110 cm³/mol. The Labute approximate surface area is 162 Å². The topological polar surface area (TPSA) is 47.4 Å². The molecule has 0 atom stereocenters. The zero-order valence-corrected chi connectivity index (χ0v) is 15.2. The summed E-state index contributed by atoms with van der Waals surface area (Å²) < 4.78 is 1.59. The zero-order valence-electron chi connectivity index (χ0n) is 15.2. The summed E-state index contributed by atoms with van der Waals surface area (Å²) in [5.74, 6) is 0.316. The van der Waals surface area contributed by atoms with E-state index in [1.54, 1.807) is 16.7 Å². The Morgan fingerprint density at radius 3 is 2.43 bits per heavy atom. The molecule has 0 aliphatic carbocycles. The van der Waals surface area contributed by atoms with Crippen LogP contribution in [0, 0.1) is 0 Å². The van der Waals surface area contributed by atoms with Gasteiger partial charge in [-0.1, -0.05) is 60.7 Å². The third-order valence-electron chi connectivity index (χ3n) is 4.86. The van der Waals surface area contributed by atoms with Crippen molar-refractivity contribution in [1.82, 2.24) is 9.71 Å². The fourth-order valence-corrected chi connectivity index (χ4v) is 3.61. The van der Waals surface area contributed by atoms with E-state index < -0.39 is 0 Å². The van der Waals surface area contributed by atoms with E-state index in [0.29, 0.717) is 11.5 Å². The second-order valence-corrected chi connectivity index (χ2v) is 6.50. The number of hydrogen-bond donors (Lipinski definition) is 0. The lowest BCUT2D eigenvalue weighted by Crippen LogP contribution is -2.25. The minimum atomic E-state index is -0.126. The average Bonchev–Trinajstić information content (AvgIpc) is 3.23. The highest BCUT2D eigenvalue weighted by Gasteiger charge is 2.36. The third-order valence-corrected chi connectivity index (χ3v) is 4.86. The molecule has 5 nitrogen and oxygen atoms in total. The van der Waals surface area contributed by atoms with Crippen molar-refractivity contribution in [1.29, 1.82) is 0 Å². The first kappa shape index (κ1) is 16.3. The Morgan fingerprint density at radius 2 is 1.61 bits per heavy atom. The van der Waals surface area contributed by atoms with E-state index in [1.165, 1.54) is 0 Å². The number of anilines is 2. The summed E-state index contributed by atoms with van der Waals surface area (Å²) in [6.45, 7) is 0. The zero-order chi connectivity index (χ0) is 19.1. The van der Waals surface area contributed by atoms with Gasteiger partial charge in [0.25, 0.3) is 11.9 Å². The van der Waals surface area contributed by atoms with Crippen LogP contribution >= 0.6 is 0 Å². The summed E-state index contributed by atoms with van der Waals surface area (Å²) in [5, 5.41) is 0. The number of nitrogens with zero attached hydrogens (tertiary/aromatic N) is 3. The van der Waals surface area contributed by atoms with Crippen molar-refractivity contribution in [3.8, 4) is 0 Å². The minimum Gasteiger partial charge on any atom is -0.414 e. The first-order chi connectivity index (χ1) is 13.8. The van der Waals surface area contributed by atoms with Gasteiger partial charge in [0.2, 0.25) is 0 Å². The molecule has 0 saturated heterocycles. The molecule has 136 valence electrons. The summed E-state index contributed by atoms with van der Waals surface area (Å²) >= 11 is 0. The summed E-state index contributed by atoms with van der Waals surface area (Å²) in [4.78, 5) is 25.3. The highest BCUT2D eigenvalue weighted by molar-refractivity contribution is 6.37. The van der Waals surface area contributed by atoms with Gasteiger partial charge >= 0.3 is 0 Å². The molecule has 0 fully saturated rings. The number of para-hydroxylation sites is 3. The van der Waals surface area contributed by atoms with Gasteiger partial charge in [-0.25, -0.2) is 9.88 Å². The van der Waals surface area contributed by atoms with Gasteiger partial charge in [-0.05, 0) is 29.8 Å². The molecule has 0 bridgehead atoms. The molecule has 0 saturated carbocycles. The van der Waals surface area contributed by atoms with Gasteiger partial charge in [0.15, 0.2) is 0 Å². The quantitative estimate of drug-likeness (QED) is 0.507. The first-order valence-electron chi connectivity index (χ1n) is 9.00.